The Balaban J connectivity index is 1.59. The lowest BCUT2D eigenvalue weighted by molar-refractivity contribution is 0.186. The molecule has 23 heavy (non-hydrogen) atoms. The van der Waals surface area contributed by atoms with Gasteiger partial charge in [0.15, 0.2) is 0 Å². The number of benzene rings is 2. The van der Waals surface area contributed by atoms with Gasteiger partial charge in [0.1, 0.15) is 0 Å². The molecule has 2 aliphatic rings. The van der Waals surface area contributed by atoms with Gasteiger partial charge in [0.05, 0.1) is 6.10 Å². The van der Waals surface area contributed by atoms with Crippen LogP contribution in [-0.4, -0.2) is 15.2 Å². The molecule has 0 aliphatic heterocycles. The molecule has 3 atom stereocenters. The Morgan fingerprint density at radius 1 is 0.913 bits per heavy atom. The van der Waals surface area contributed by atoms with Gasteiger partial charge in [-0.1, -0.05) is 72.8 Å². The van der Waals surface area contributed by atoms with Crippen LogP contribution in [0, 0.1) is 0 Å². The van der Waals surface area contributed by atoms with Crippen molar-refractivity contribution in [2.24, 2.45) is 0 Å². The molecule has 0 saturated heterocycles. The summed E-state index contributed by atoms with van der Waals surface area (Å²) in [6, 6.07) is 17.2. The van der Waals surface area contributed by atoms with Crippen molar-refractivity contribution in [3.63, 3.8) is 0 Å². The summed E-state index contributed by atoms with van der Waals surface area (Å²) >= 11 is 6.06. The van der Waals surface area contributed by atoms with E-state index < -0.39 is 9.07 Å². The Bertz CT molecular complexity index is 768. The minimum atomic E-state index is -0.967. The molecule has 0 N–H and O–H groups in total. The van der Waals surface area contributed by atoms with E-state index in [1.54, 1.807) is 0 Å². The Hall–Kier alpha value is -1.61. The molecule has 1 nitrogen and oxygen atoms in total. The van der Waals surface area contributed by atoms with Gasteiger partial charge < -0.3 is 4.43 Å². The Kier molecular flexibility index (Phi) is 4.21. The van der Waals surface area contributed by atoms with Crippen molar-refractivity contribution >= 4 is 32.3 Å². The van der Waals surface area contributed by atoms with Gasteiger partial charge in [-0.15, -0.1) is 11.1 Å². The lowest BCUT2D eigenvalue weighted by Gasteiger charge is -2.26. The Labute approximate surface area is 144 Å². The maximum atomic E-state index is 6.08. The predicted octanol–water partition coefficient (Wildman–Crippen LogP) is 4.62. The van der Waals surface area contributed by atoms with Crippen LogP contribution in [0.3, 0.4) is 0 Å². The van der Waals surface area contributed by atoms with Crippen LogP contribution >= 0.6 is 11.1 Å². The minimum absolute atomic E-state index is 0.153. The molecular weight excluding hydrogens is 320 g/mol. The maximum Gasteiger partial charge on any atom is 0.258 e. The molecule has 0 fully saturated rings. The summed E-state index contributed by atoms with van der Waals surface area (Å²) in [5.41, 5.74) is 5.42. The van der Waals surface area contributed by atoms with Crippen LogP contribution in [-0.2, 0) is 4.43 Å². The fraction of sp³-hybridized carbons (Fsp3) is 0.200. The third-order valence-electron chi connectivity index (χ3n) is 4.91. The zero-order chi connectivity index (χ0) is 15.6. The predicted molar refractivity (Wildman–Crippen MR) is 100 cm³/mol. The van der Waals surface area contributed by atoms with Crippen LogP contribution in [0.2, 0.25) is 0 Å². The van der Waals surface area contributed by atoms with E-state index in [4.69, 9.17) is 15.5 Å². The van der Waals surface area contributed by atoms with Crippen LogP contribution in [0.25, 0.3) is 12.2 Å². The fourth-order valence-electron chi connectivity index (χ4n) is 3.78. The molecule has 2 aromatic rings. The molecule has 2 aromatic carbocycles. The van der Waals surface area contributed by atoms with Crippen molar-refractivity contribution in [3.05, 3.63) is 82.9 Å². The van der Waals surface area contributed by atoms with Crippen molar-refractivity contribution in [2.75, 3.05) is 0 Å². The van der Waals surface area contributed by atoms with E-state index in [0.717, 1.165) is 6.42 Å². The summed E-state index contributed by atoms with van der Waals surface area (Å²) in [4.78, 5) is 0. The number of fused-ring (bicyclic) bond motifs is 2. The minimum Gasteiger partial charge on any atom is -0.404 e. The standard InChI is InChI=1S/C20H19ClOSi/c21-23-22-20(19-12-11-15-6-2-4-8-18(15)19)13-16-10-9-14-5-1-3-7-17(14)16/h1-12,16,19-20H,13,23H2. The molecule has 0 radical (unpaired) electrons. The maximum absolute atomic E-state index is 6.08. The fourth-order valence-corrected chi connectivity index (χ4v) is 4.77. The molecule has 116 valence electrons. The summed E-state index contributed by atoms with van der Waals surface area (Å²) in [6.07, 6.45) is 10.2. The highest BCUT2D eigenvalue weighted by Gasteiger charge is 2.30. The molecule has 0 amide bonds. The number of hydrogen-bond donors (Lipinski definition) is 0. The van der Waals surface area contributed by atoms with Crippen LogP contribution in [0.1, 0.15) is 40.5 Å². The lowest BCUT2D eigenvalue weighted by Crippen LogP contribution is -2.23. The summed E-state index contributed by atoms with van der Waals surface area (Å²) in [7, 11) is -0.967. The average molecular weight is 339 g/mol. The quantitative estimate of drug-likeness (QED) is 0.571. The first-order valence-electron chi connectivity index (χ1n) is 8.08. The molecular formula is C20H19ClOSi. The van der Waals surface area contributed by atoms with E-state index >= 15 is 0 Å². The second-order valence-electron chi connectivity index (χ2n) is 6.16. The summed E-state index contributed by atoms with van der Waals surface area (Å²) < 4.78 is 6.08. The molecule has 3 unspecified atom stereocenters. The van der Waals surface area contributed by atoms with E-state index in [-0.39, 0.29) is 6.10 Å². The zero-order valence-corrected chi connectivity index (χ0v) is 15.0. The second kappa shape index (κ2) is 6.48. The first kappa shape index (κ1) is 14.9. The Morgan fingerprint density at radius 2 is 1.57 bits per heavy atom. The monoisotopic (exact) mass is 338 g/mol. The van der Waals surface area contributed by atoms with Crippen molar-refractivity contribution in [1.82, 2.24) is 0 Å². The van der Waals surface area contributed by atoms with Gasteiger partial charge in [-0.05, 0) is 28.7 Å². The molecule has 0 saturated carbocycles. The molecule has 0 heterocycles. The number of rotatable bonds is 5. The summed E-state index contributed by atoms with van der Waals surface area (Å²) in [6.45, 7) is 0. The molecule has 0 aromatic heterocycles. The second-order valence-corrected chi connectivity index (χ2v) is 7.36. The largest absolute Gasteiger partial charge is 0.404 e. The van der Waals surface area contributed by atoms with Crippen LogP contribution in [0.5, 0.6) is 0 Å². The van der Waals surface area contributed by atoms with Crippen LogP contribution in [0.15, 0.2) is 60.7 Å². The van der Waals surface area contributed by atoms with Crippen molar-refractivity contribution in [2.45, 2.75) is 24.4 Å². The van der Waals surface area contributed by atoms with E-state index in [0.29, 0.717) is 11.8 Å². The summed E-state index contributed by atoms with van der Waals surface area (Å²) in [5.74, 6) is 0.744. The van der Waals surface area contributed by atoms with Gasteiger partial charge in [-0.25, -0.2) is 0 Å². The zero-order valence-electron chi connectivity index (χ0n) is 12.9. The third-order valence-corrected chi connectivity index (χ3v) is 5.84. The van der Waals surface area contributed by atoms with Gasteiger partial charge in [-0.3, -0.25) is 0 Å². The highest BCUT2D eigenvalue weighted by Crippen LogP contribution is 2.40. The van der Waals surface area contributed by atoms with Gasteiger partial charge >= 0.3 is 0 Å². The van der Waals surface area contributed by atoms with Crippen molar-refractivity contribution < 1.29 is 4.43 Å². The van der Waals surface area contributed by atoms with E-state index in [1.165, 1.54) is 22.3 Å². The van der Waals surface area contributed by atoms with Gasteiger partial charge in [-0.2, -0.15) is 0 Å². The van der Waals surface area contributed by atoms with Gasteiger partial charge in [0.2, 0.25) is 0 Å². The molecule has 0 bridgehead atoms. The average Bonchev–Trinajstić information content (AvgIpc) is 3.19. The lowest BCUT2D eigenvalue weighted by atomic mass is 9.87. The number of halogens is 1. The smallest absolute Gasteiger partial charge is 0.258 e. The highest BCUT2D eigenvalue weighted by molar-refractivity contribution is 6.90. The first-order valence-corrected chi connectivity index (χ1v) is 10.8. The first-order chi connectivity index (χ1) is 11.4. The summed E-state index contributed by atoms with van der Waals surface area (Å²) in [5, 5.41) is 0. The third kappa shape index (κ3) is 2.83. The van der Waals surface area contributed by atoms with E-state index in [2.05, 4.69) is 72.8 Å². The molecule has 2 aliphatic carbocycles. The topological polar surface area (TPSA) is 9.23 Å². The van der Waals surface area contributed by atoms with Crippen LogP contribution < -0.4 is 0 Å². The Morgan fingerprint density at radius 3 is 2.35 bits per heavy atom. The molecule has 0 spiro atoms. The van der Waals surface area contributed by atoms with Gasteiger partial charge in [0, 0.05) is 11.8 Å². The van der Waals surface area contributed by atoms with Crippen molar-refractivity contribution in [3.8, 4) is 0 Å². The van der Waals surface area contributed by atoms with Gasteiger partial charge in [0.25, 0.3) is 9.07 Å². The highest BCUT2D eigenvalue weighted by atomic mass is 35.6. The molecule has 4 rings (SSSR count). The molecule has 3 heteroatoms. The SMILES string of the molecule is Cl[SiH2]OC(CC1C=Cc2ccccc21)C1C=Cc2ccccc21. The van der Waals surface area contributed by atoms with Crippen LogP contribution in [0.4, 0.5) is 0 Å². The van der Waals surface area contributed by atoms with Crippen molar-refractivity contribution in [1.29, 1.82) is 0 Å². The number of hydrogen-bond acceptors (Lipinski definition) is 1. The number of allylic oxidation sites excluding steroid dienone is 1. The van der Waals surface area contributed by atoms with E-state index in [9.17, 15) is 0 Å². The normalized spacial score (nSPS) is 22.7. The van der Waals surface area contributed by atoms with E-state index in [1.807, 2.05) is 0 Å².